The smallest absolute Gasteiger partial charge is 0.264 e. The fraction of sp³-hybridized carbons (Fsp3) is 0.265. The van der Waals surface area contributed by atoms with Crippen LogP contribution in [0.4, 0.5) is 10.1 Å². The predicted molar refractivity (Wildman–Crippen MR) is 167 cm³/mol. The number of rotatable bonds is 8. The number of aliphatic hydroxyl groups is 1. The summed E-state index contributed by atoms with van der Waals surface area (Å²) in [6.45, 7) is 5.06. The third-order valence-corrected chi connectivity index (χ3v) is 9.85. The number of pyridine rings is 1. The number of anilines is 1. The van der Waals surface area contributed by atoms with Crippen molar-refractivity contribution in [3.05, 3.63) is 126 Å². The summed E-state index contributed by atoms with van der Waals surface area (Å²) in [5.74, 6) is 0.263. The first kappa shape index (κ1) is 29.2. The minimum Gasteiger partial charge on any atom is -0.374 e. The Bertz CT molecular complexity index is 1740. The number of sulfonamides is 1. The maximum Gasteiger partial charge on any atom is 0.264 e. The van der Waals surface area contributed by atoms with Crippen molar-refractivity contribution in [3.63, 3.8) is 0 Å². The standard InChI is InChI=1S/C34H35FN4O3S/c1-24-6-2-3-9-30(24)31-23-38(22-25-11-15-28(35)16-12-25)20-21-39(31)34(40)27-13-17-29(18-14-27)37-43(41,42)32-10-4-7-26-8-5-19-36-33(26)32/h2-19,24,30-31,34,37,40H,20-23H2,1H3. The fourth-order valence-corrected chi connectivity index (χ4v) is 7.39. The molecule has 6 rings (SSSR count). The number of aliphatic hydroxyl groups excluding tert-OH is 1. The highest BCUT2D eigenvalue weighted by Gasteiger charge is 2.38. The van der Waals surface area contributed by atoms with Crippen LogP contribution >= 0.6 is 0 Å². The molecule has 7 nitrogen and oxygen atoms in total. The van der Waals surface area contributed by atoms with E-state index < -0.39 is 16.3 Å². The molecule has 0 amide bonds. The van der Waals surface area contributed by atoms with E-state index in [1.165, 1.54) is 12.1 Å². The van der Waals surface area contributed by atoms with Crippen molar-refractivity contribution in [3.8, 4) is 0 Å². The van der Waals surface area contributed by atoms with E-state index in [0.29, 0.717) is 35.8 Å². The third kappa shape index (κ3) is 6.40. The van der Waals surface area contributed by atoms with E-state index >= 15 is 0 Å². The molecule has 2 aliphatic rings. The molecule has 2 N–H and O–H groups in total. The number of hydrogen-bond acceptors (Lipinski definition) is 6. The molecule has 4 aromatic rings. The number of benzene rings is 3. The molecule has 1 fully saturated rings. The molecular weight excluding hydrogens is 563 g/mol. The maximum absolute atomic E-state index is 13.5. The molecule has 1 aromatic heterocycles. The minimum atomic E-state index is -3.88. The number of para-hydroxylation sites is 1. The second-order valence-corrected chi connectivity index (χ2v) is 13.0. The van der Waals surface area contributed by atoms with Gasteiger partial charge in [0.05, 0.1) is 5.52 Å². The Hall–Kier alpha value is -3.89. The summed E-state index contributed by atoms with van der Waals surface area (Å²) in [4.78, 5) is 8.89. The number of aromatic nitrogens is 1. The molecule has 0 saturated carbocycles. The van der Waals surface area contributed by atoms with Crippen LogP contribution in [0, 0.1) is 17.7 Å². The van der Waals surface area contributed by atoms with Crippen molar-refractivity contribution in [2.45, 2.75) is 30.6 Å². The highest BCUT2D eigenvalue weighted by Crippen LogP contribution is 2.34. The van der Waals surface area contributed by atoms with Gasteiger partial charge in [-0.05, 0) is 59.4 Å². The Kier molecular flexibility index (Phi) is 8.41. The van der Waals surface area contributed by atoms with E-state index in [-0.39, 0.29) is 22.7 Å². The van der Waals surface area contributed by atoms with E-state index in [4.69, 9.17) is 0 Å². The number of piperazine rings is 1. The summed E-state index contributed by atoms with van der Waals surface area (Å²) in [6, 6.07) is 22.2. The number of nitrogens with one attached hydrogen (secondary N) is 1. The zero-order valence-electron chi connectivity index (χ0n) is 23.9. The molecule has 1 saturated heterocycles. The average molecular weight is 599 g/mol. The van der Waals surface area contributed by atoms with Gasteiger partial charge in [0.25, 0.3) is 10.0 Å². The molecule has 0 bridgehead atoms. The van der Waals surface area contributed by atoms with Crippen LogP contribution in [0.5, 0.6) is 0 Å². The van der Waals surface area contributed by atoms with Gasteiger partial charge >= 0.3 is 0 Å². The first-order valence-electron chi connectivity index (χ1n) is 14.5. The summed E-state index contributed by atoms with van der Waals surface area (Å²) >= 11 is 0. The number of halogens is 1. The van der Waals surface area contributed by atoms with Gasteiger partial charge in [0.1, 0.15) is 16.9 Å². The Labute approximate surface area is 252 Å². The van der Waals surface area contributed by atoms with Gasteiger partial charge in [-0.2, -0.15) is 0 Å². The van der Waals surface area contributed by atoms with E-state index in [9.17, 15) is 17.9 Å². The van der Waals surface area contributed by atoms with Crippen molar-refractivity contribution in [2.24, 2.45) is 11.8 Å². The van der Waals surface area contributed by atoms with Crippen LogP contribution in [0.15, 0.2) is 114 Å². The summed E-state index contributed by atoms with van der Waals surface area (Å²) in [5.41, 5.74) is 2.56. The predicted octanol–water partition coefficient (Wildman–Crippen LogP) is 5.73. The number of allylic oxidation sites excluding steroid dienone is 3. The summed E-state index contributed by atoms with van der Waals surface area (Å²) in [6.07, 6.45) is 9.26. The monoisotopic (exact) mass is 598 g/mol. The van der Waals surface area contributed by atoms with Crippen molar-refractivity contribution < 1.29 is 17.9 Å². The first-order chi connectivity index (χ1) is 20.8. The first-order valence-corrected chi connectivity index (χ1v) is 16.0. The van der Waals surface area contributed by atoms with Crippen LogP contribution < -0.4 is 4.72 Å². The highest BCUT2D eigenvalue weighted by molar-refractivity contribution is 7.93. The molecule has 0 spiro atoms. The van der Waals surface area contributed by atoms with Gasteiger partial charge in [-0.3, -0.25) is 19.5 Å². The lowest BCUT2D eigenvalue weighted by Crippen LogP contribution is -2.57. The molecule has 1 aliphatic carbocycles. The van der Waals surface area contributed by atoms with Gasteiger partial charge in [0.2, 0.25) is 0 Å². The van der Waals surface area contributed by atoms with Crippen molar-refractivity contribution in [2.75, 3.05) is 24.4 Å². The molecule has 222 valence electrons. The zero-order valence-corrected chi connectivity index (χ0v) is 24.7. The van der Waals surface area contributed by atoms with Crippen molar-refractivity contribution in [1.82, 2.24) is 14.8 Å². The lowest BCUT2D eigenvalue weighted by Gasteiger charge is -2.47. The van der Waals surface area contributed by atoms with Gasteiger partial charge in [-0.25, -0.2) is 12.8 Å². The van der Waals surface area contributed by atoms with E-state index in [1.807, 2.05) is 24.3 Å². The number of nitrogens with zero attached hydrogens (tertiary/aromatic N) is 3. The molecule has 2 heterocycles. The Morgan fingerprint density at radius 2 is 1.72 bits per heavy atom. The molecule has 43 heavy (non-hydrogen) atoms. The quantitative estimate of drug-likeness (QED) is 0.270. The van der Waals surface area contributed by atoms with E-state index in [1.54, 1.807) is 48.7 Å². The van der Waals surface area contributed by atoms with Crippen LogP contribution in [0.1, 0.15) is 24.3 Å². The largest absolute Gasteiger partial charge is 0.374 e. The van der Waals surface area contributed by atoms with Gasteiger partial charge in [0.15, 0.2) is 0 Å². The molecule has 4 unspecified atom stereocenters. The van der Waals surface area contributed by atoms with Gasteiger partial charge < -0.3 is 5.11 Å². The summed E-state index contributed by atoms with van der Waals surface area (Å²) < 4.78 is 42.6. The second kappa shape index (κ2) is 12.4. The Morgan fingerprint density at radius 3 is 2.49 bits per heavy atom. The minimum absolute atomic E-state index is 0.0393. The van der Waals surface area contributed by atoms with Gasteiger partial charge in [0, 0.05) is 49.5 Å². The van der Waals surface area contributed by atoms with Crippen LogP contribution in [-0.4, -0.2) is 54.0 Å². The maximum atomic E-state index is 13.5. The molecule has 4 atom stereocenters. The van der Waals surface area contributed by atoms with Crippen LogP contribution in [-0.2, 0) is 16.6 Å². The summed E-state index contributed by atoms with van der Waals surface area (Å²) in [5, 5.41) is 12.4. The molecule has 1 aliphatic heterocycles. The normalized spacial score (nSPS) is 22.1. The second-order valence-electron chi connectivity index (χ2n) is 11.3. The van der Waals surface area contributed by atoms with Crippen LogP contribution in [0.25, 0.3) is 10.9 Å². The van der Waals surface area contributed by atoms with Crippen molar-refractivity contribution in [1.29, 1.82) is 0 Å². The van der Waals surface area contributed by atoms with Crippen molar-refractivity contribution >= 4 is 26.6 Å². The molecular formula is C34H35FN4O3S. The fourth-order valence-electron chi connectivity index (χ4n) is 6.15. The Balaban J connectivity index is 1.20. The van der Waals surface area contributed by atoms with E-state index in [0.717, 1.165) is 24.0 Å². The SMILES string of the molecule is CC1C=CC=CC1C1CN(Cc2ccc(F)cc2)CCN1C(O)c1ccc(NS(=O)(=O)c2cccc3cccnc23)cc1. The van der Waals surface area contributed by atoms with Crippen LogP contribution in [0.3, 0.4) is 0 Å². The lowest BCUT2D eigenvalue weighted by atomic mass is 9.82. The number of fused-ring (bicyclic) bond motifs is 1. The third-order valence-electron chi connectivity index (χ3n) is 8.44. The van der Waals surface area contributed by atoms with E-state index in [2.05, 4.69) is 50.7 Å². The van der Waals surface area contributed by atoms with Gasteiger partial charge in [-0.15, -0.1) is 0 Å². The van der Waals surface area contributed by atoms with Crippen LogP contribution in [0.2, 0.25) is 0 Å². The number of hydrogen-bond donors (Lipinski definition) is 2. The van der Waals surface area contributed by atoms with Gasteiger partial charge in [-0.1, -0.05) is 73.7 Å². The molecule has 3 aromatic carbocycles. The highest BCUT2D eigenvalue weighted by atomic mass is 32.2. The molecule has 0 radical (unpaired) electrons. The topological polar surface area (TPSA) is 85.8 Å². The average Bonchev–Trinajstić information content (AvgIpc) is 3.02. The summed E-state index contributed by atoms with van der Waals surface area (Å²) in [7, 11) is -3.88. The lowest BCUT2D eigenvalue weighted by molar-refractivity contribution is -0.0780. The molecule has 9 heteroatoms. The zero-order chi connectivity index (χ0) is 30.0. The Morgan fingerprint density at radius 1 is 0.977 bits per heavy atom.